The molecule has 2 N–H and O–H groups in total. The summed E-state index contributed by atoms with van der Waals surface area (Å²) in [4.78, 5) is 25.6. The van der Waals surface area contributed by atoms with Crippen molar-refractivity contribution in [2.45, 2.75) is 25.1 Å². The molecular weight excluding hydrogens is 461 g/mol. The van der Waals surface area contributed by atoms with E-state index >= 15 is 0 Å². The van der Waals surface area contributed by atoms with Crippen molar-refractivity contribution in [2.24, 2.45) is 0 Å². The van der Waals surface area contributed by atoms with Gasteiger partial charge in [-0.25, -0.2) is 8.42 Å². The van der Waals surface area contributed by atoms with Crippen molar-refractivity contribution in [2.75, 3.05) is 0 Å². The molecule has 0 aliphatic heterocycles. The molecule has 2 aromatic carbocycles. The number of nitrogens with zero attached hydrogens (tertiary/aromatic N) is 1. The first-order chi connectivity index (χ1) is 15.6. The molecule has 1 aromatic heterocycles. The predicted octanol–water partition coefficient (Wildman–Crippen LogP) is 2.39. The van der Waals surface area contributed by atoms with Crippen molar-refractivity contribution < 1.29 is 31.5 Å². The van der Waals surface area contributed by atoms with Crippen LogP contribution < -0.4 is 10.9 Å². The maximum absolute atomic E-state index is 13.1. The van der Waals surface area contributed by atoms with Crippen LogP contribution in [0.3, 0.4) is 0 Å². The highest BCUT2D eigenvalue weighted by Gasteiger charge is 2.30. The Labute approximate surface area is 188 Å². The largest absolute Gasteiger partial charge is 0.416 e. The first-order valence-electron chi connectivity index (χ1n) is 9.61. The highest BCUT2D eigenvalue weighted by atomic mass is 32.2. The number of pyridine rings is 1. The molecule has 33 heavy (non-hydrogen) atoms. The zero-order valence-electron chi connectivity index (χ0n) is 17.0. The molecule has 1 amide bonds. The van der Waals surface area contributed by atoms with Gasteiger partial charge in [-0.1, -0.05) is 30.3 Å². The third kappa shape index (κ3) is 5.88. The molecule has 0 radical (unpaired) electrons. The lowest BCUT2D eigenvalue weighted by molar-refractivity contribution is -0.137. The molecule has 0 saturated carbocycles. The smallest absolute Gasteiger partial charge is 0.390 e. The van der Waals surface area contributed by atoms with E-state index in [1.165, 1.54) is 18.2 Å². The lowest BCUT2D eigenvalue weighted by atomic mass is 10.1. The molecule has 0 aliphatic rings. The lowest BCUT2D eigenvalue weighted by Gasteiger charge is -2.15. The number of nitrogens with one attached hydrogen (secondary N) is 1. The molecule has 0 bridgehead atoms. The first-order valence-corrected chi connectivity index (χ1v) is 11.0. The monoisotopic (exact) mass is 480 g/mol. The molecule has 3 rings (SSSR count). The van der Waals surface area contributed by atoms with Crippen LogP contribution in [-0.4, -0.2) is 24.0 Å². The Kier molecular flexibility index (Phi) is 7.34. The molecule has 0 atom stereocenters. The van der Waals surface area contributed by atoms with Gasteiger partial charge in [0.25, 0.3) is 11.5 Å². The minimum Gasteiger partial charge on any atom is -0.390 e. The number of hydrogen-bond acceptors (Lipinski definition) is 5. The van der Waals surface area contributed by atoms with Crippen molar-refractivity contribution in [1.82, 2.24) is 9.88 Å². The third-order valence-electron chi connectivity index (χ3n) is 4.79. The average Bonchev–Trinajstić information content (AvgIpc) is 2.77. The van der Waals surface area contributed by atoms with Crippen molar-refractivity contribution >= 4 is 16.6 Å². The molecule has 11 heteroatoms. The van der Waals surface area contributed by atoms with Gasteiger partial charge in [-0.05, 0) is 41.5 Å². The first kappa shape index (κ1) is 24.2. The second-order valence-electron chi connectivity index (χ2n) is 7.08. The van der Waals surface area contributed by atoms with Crippen LogP contribution in [0.2, 0.25) is 0 Å². The minimum atomic E-state index is -4.63. The van der Waals surface area contributed by atoms with Gasteiger partial charge in [0.1, 0.15) is 16.3 Å². The second-order valence-corrected chi connectivity index (χ2v) is 8.06. The number of aliphatic hydroxyl groups is 1. The fourth-order valence-corrected chi connectivity index (χ4v) is 3.67. The van der Waals surface area contributed by atoms with Gasteiger partial charge in [-0.3, -0.25) is 14.2 Å². The fourth-order valence-electron chi connectivity index (χ4n) is 3.17. The standard InChI is InChI=1S/C22H19F3N2O5S/c23-22(24,25)16-2-1-3-17(10-16)27-18(12-28)8-9-19(21(27)30)20(29)26-11-14-4-6-15(7-5-14)13-33(31)32/h1-10,28,33H,11-13H2,(H,26,29). The summed E-state index contributed by atoms with van der Waals surface area (Å²) in [5, 5.41) is 12.1. The third-order valence-corrected chi connectivity index (χ3v) is 5.41. The molecule has 3 aromatic rings. The Bertz CT molecular complexity index is 1290. The van der Waals surface area contributed by atoms with E-state index in [1.807, 2.05) is 0 Å². The Hall–Kier alpha value is -3.44. The molecule has 7 nitrogen and oxygen atoms in total. The number of benzene rings is 2. The number of carbonyl (C=O) groups is 1. The van der Waals surface area contributed by atoms with Crippen molar-refractivity contribution in [3.8, 4) is 5.69 Å². The van der Waals surface area contributed by atoms with E-state index in [0.717, 1.165) is 22.8 Å². The molecular formula is C22H19F3N2O5S. The van der Waals surface area contributed by atoms with Crippen molar-refractivity contribution in [1.29, 1.82) is 0 Å². The van der Waals surface area contributed by atoms with Gasteiger partial charge in [0.05, 0.1) is 23.6 Å². The number of amides is 1. The van der Waals surface area contributed by atoms with Gasteiger partial charge in [0.15, 0.2) is 0 Å². The Morgan fingerprint density at radius 1 is 1.00 bits per heavy atom. The highest BCUT2D eigenvalue weighted by molar-refractivity contribution is 7.71. The average molecular weight is 480 g/mol. The number of aromatic nitrogens is 1. The summed E-state index contributed by atoms with van der Waals surface area (Å²) in [5.41, 5.74) is -1.06. The Balaban J connectivity index is 1.87. The number of rotatable bonds is 7. The van der Waals surface area contributed by atoms with E-state index in [-0.39, 0.29) is 29.2 Å². The Morgan fingerprint density at radius 2 is 1.67 bits per heavy atom. The number of carbonyl (C=O) groups excluding carboxylic acids is 1. The SMILES string of the molecule is O=C(NCc1ccc(C[SH](=O)=O)cc1)c1ccc(CO)n(-c2cccc(C(F)(F)F)c2)c1=O. The number of thiol groups is 1. The zero-order valence-corrected chi connectivity index (χ0v) is 17.9. The van der Waals surface area contributed by atoms with Crippen LogP contribution in [0.4, 0.5) is 13.2 Å². The summed E-state index contributed by atoms with van der Waals surface area (Å²) in [6.45, 7) is -0.595. The van der Waals surface area contributed by atoms with Crippen LogP contribution >= 0.6 is 0 Å². The van der Waals surface area contributed by atoms with Crippen LogP contribution in [-0.2, 0) is 35.8 Å². The van der Waals surface area contributed by atoms with Gasteiger partial charge in [-0.2, -0.15) is 13.2 Å². The lowest BCUT2D eigenvalue weighted by Crippen LogP contribution is -2.33. The topological polar surface area (TPSA) is 105 Å². The van der Waals surface area contributed by atoms with E-state index in [2.05, 4.69) is 5.32 Å². The molecule has 0 aliphatic carbocycles. The van der Waals surface area contributed by atoms with Crippen LogP contribution in [0.25, 0.3) is 5.69 Å². The van der Waals surface area contributed by atoms with Gasteiger partial charge < -0.3 is 10.4 Å². The number of halogens is 3. The summed E-state index contributed by atoms with van der Waals surface area (Å²) in [6.07, 6.45) is -4.63. The van der Waals surface area contributed by atoms with Crippen molar-refractivity contribution in [3.63, 3.8) is 0 Å². The van der Waals surface area contributed by atoms with E-state index in [1.54, 1.807) is 24.3 Å². The zero-order chi connectivity index (χ0) is 24.2. The van der Waals surface area contributed by atoms with E-state index in [4.69, 9.17) is 0 Å². The Morgan fingerprint density at radius 3 is 2.27 bits per heavy atom. The number of hydrogen-bond donors (Lipinski definition) is 3. The van der Waals surface area contributed by atoms with Gasteiger partial charge in [0, 0.05) is 12.2 Å². The van der Waals surface area contributed by atoms with Gasteiger partial charge >= 0.3 is 6.18 Å². The van der Waals surface area contributed by atoms with Gasteiger partial charge in [0.2, 0.25) is 0 Å². The summed E-state index contributed by atoms with van der Waals surface area (Å²) in [5.74, 6) is -0.856. The van der Waals surface area contributed by atoms with Crippen LogP contribution in [0.1, 0.15) is 32.7 Å². The maximum atomic E-state index is 13.1. The molecule has 0 saturated heterocycles. The quantitative estimate of drug-likeness (QED) is 0.451. The summed E-state index contributed by atoms with van der Waals surface area (Å²) < 4.78 is 61.7. The summed E-state index contributed by atoms with van der Waals surface area (Å²) >= 11 is 0. The van der Waals surface area contributed by atoms with E-state index in [0.29, 0.717) is 11.1 Å². The summed E-state index contributed by atoms with van der Waals surface area (Å²) in [6, 6.07) is 13.0. The maximum Gasteiger partial charge on any atom is 0.416 e. The van der Waals surface area contributed by atoms with E-state index in [9.17, 15) is 36.3 Å². The van der Waals surface area contributed by atoms with Gasteiger partial charge in [-0.15, -0.1) is 0 Å². The summed E-state index contributed by atoms with van der Waals surface area (Å²) in [7, 11) is -2.56. The van der Waals surface area contributed by atoms with Crippen molar-refractivity contribution in [3.05, 3.63) is 99.0 Å². The minimum absolute atomic E-state index is 0.0168. The fraction of sp³-hybridized carbons (Fsp3) is 0.182. The highest BCUT2D eigenvalue weighted by Crippen LogP contribution is 2.30. The number of alkyl halides is 3. The van der Waals surface area contributed by atoms with Crippen LogP contribution in [0.5, 0.6) is 0 Å². The normalized spacial score (nSPS) is 11.5. The van der Waals surface area contributed by atoms with Crippen LogP contribution in [0.15, 0.2) is 65.5 Å². The molecule has 0 unspecified atom stereocenters. The molecule has 0 fully saturated rings. The second kappa shape index (κ2) is 10.0. The molecule has 1 heterocycles. The molecule has 174 valence electrons. The van der Waals surface area contributed by atoms with E-state index < -0.39 is 40.5 Å². The predicted molar refractivity (Wildman–Crippen MR) is 115 cm³/mol. The number of aliphatic hydroxyl groups excluding tert-OH is 1. The van der Waals surface area contributed by atoms with Crippen LogP contribution in [0, 0.1) is 0 Å². The molecule has 0 spiro atoms.